The van der Waals surface area contributed by atoms with Gasteiger partial charge in [-0.25, -0.2) is 18.4 Å². The number of carbonyl (C=O) groups is 5. The molecule has 0 radical (unpaired) electrons. The lowest BCUT2D eigenvalue weighted by Gasteiger charge is -2.33. The number of carbonyl (C=O) groups excluding carboxylic acids is 4. The molecule has 1 fully saturated rings. The van der Waals surface area contributed by atoms with Crippen molar-refractivity contribution >= 4 is 36.8 Å². The molecule has 2 aromatic rings. The maximum absolute atomic E-state index is 15.0. The molecule has 0 aliphatic carbocycles. The number of carboxylic acid groups (broad SMARTS) is 1. The molecule has 2 aliphatic heterocycles. The number of rotatable bonds is 6. The summed E-state index contributed by atoms with van der Waals surface area (Å²) >= 11 is 0. The Hall–Kier alpha value is -4.93. The van der Waals surface area contributed by atoms with E-state index in [0.29, 0.717) is 11.0 Å². The summed E-state index contributed by atoms with van der Waals surface area (Å²) in [6.07, 6.45) is -0.216. The van der Waals surface area contributed by atoms with Gasteiger partial charge in [0.25, 0.3) is 0 Å². The first-order chi connectivity index (χ1) is 19.3. The van der Waals surface area contributed by atoms with Crippen LogP contribution in [0.25, 0.3) is 0 Å². The van der Waals surface area contributed by atoms with Crippen LogP contribution in [0.2, 0.25) is 0 Å². The molecule has 6 N–H and O–H groups in total. The van der Waals surface area contributed by atoms with E-state index in [1.807, 2.05) is 5.32 Å². The minimum Gasteiger partial charge on any atom is -0.534 e. The number of amides is 5. The molecule has 216 valence electrons. The quantitative estimate of drug-likeness (QED) is 0.195. The number of fused-ring (bicyclic) bond motifs is 1. The van der Waals surface area contributed by atoms with Crippen LogP contribution < -0.4 is 15.3 Å². The average Bonchev–Trinajstić information content (AvgIpc) is 2.92. The maximum Gasteiger partial charge on any atom is 0.547 e. The Bertz CT molecular complexity index is 1430. The average molecular weight is 576 g/mol. The van der Waals surface area contributed by atoms with Gasteiger partial charge in [0.1, 0.15) is 11.8 Å². The number of nitrogens with zero attached hydrogens (tertiary/aromatic N) is 2. The van der Waals surface area contributed by atoms with Crippen molar-refractivity contribution in [2.45, 2.75) is 25.3 Å². The van der Waals surface area contributed by atoms with Crippen molar-refractivity contribution in [3.05, 3.63) is 52.6 Å². The smallest absolute Gasteiger partial charge is 0.534 e. The van der Waals surface area contributed by atoms with Gasteiger partial charge < -0.3 is 40.5 Å². The first-order valence-corrected chi connectivity index (χ1v) is 12.2. The zero-order valence-electron chi connectivity index (χ0n) is 21.3. The van der Waals surface area contributed by atoms with Crippen molar-refractivity contribution in [2.24, 2.45) is 0 Å². The summed E-state index contributed by atoms with van der Waals surface area (Å²) in [7, 11) is -1.85. The third-order valence-corrected chi connectivity index (χ3v) is 6.63. The van der Waals surface area contributed by atoms with Gasteiger partial charge in [-0.05, 0) is 25.0 Å². The molecule has 2 aromatic carbocycles. The fourth-order valence-corrected chi connectivity index (χ4v) is 4.50. The van der Waals surface area contributed by atoms with Crippen molar-refractivity contribution in [1.29, 1.82) is 0 Å². The molecule has 4 rings (SSSR count). The number of halogens is 2. The lowest BCUT2D eigenvalue weighted by atomic mass is 9.72. The normalized spacial score (nSPS) is 17.5. The highest BCUT2D eigenvalue weighted by Gasteiger charge is 2.42. The highest BCUT2D eigenvalue weighted by molar-refractivity contribution is 6.47. The Morgan fingerprint density at radius 1 is 1.12 bits per heavy atom. The molecule has 5 amide bonds. The number of imide groups is 1. The van der Waals surface area contributed by atoms with Crippen LogP contribution in [0, 0.1) is 11.6 Å². The van der Waals surface area contributed by atoms with E-state index >= 15 is 0 Å². The van der Waals surface area contributed by atoms with E-state index in [9.17, 15) is 53.1 Å². The van der Waals surface area contributed by atoms with Crippen LogP contribution in [0.15, 0.2) is 24.3 Å². The fraction of sp³-hybridized carbons (Fsp3) is 0.292. The molecule has 2 aliphatic rings. The van der Waals surface area contributed by atoms with E-state index in [-0.39, 0.29) is 42.9 Å². The molecule has 2 atom stereocenters. The lowest BCUT2D eigenvalue weighted by Crippen LogP contribution is -2.60. The van der Waals surface area contributed by atoms with Gasteiger partial charge in [-0.3, -0.25) is 19.3 Å². The number of nitrogens with one attached hydrogen (secondary N) is 2. The summed E-state index contributed by atoms with van der Waals surface area (Å²) in [5.41, 5.74) is -1.32. The molecule has 0 bridgehead atoms. The molecular formula is C24H23BF2N4O10. The van der Waals surface area contributed by atoms with Gasteiger partial charge in [-0.1, -0.05) is 12.1 Å². The van der Waals surface area contributed by atoms with E-state index in [1.165, 1.54) is 18.2 Å². The molecule has 0 spiro atoms. The zero-order chi connectivity index (χ0) is 30.2. The van der Waals surface area contributed by atoms with Crippen LogP contribution in [0.5, 0.6) is 17.2 Å². The van der Waals surface area contributed by atoms with Crippen LogP contribution in [-0.4, -0.2) is 92.6 Å². The van der Waals surface area contributed by atoms with Gasteiger partial charge in [0.05, 0.1) is 17.1 Å². The molecule has 1 saturated heterocycles. The number of carboxylic acids is 1. The van der Waals surface area contributed by atoms with Crippen molar-refractivity contribution in [2.75, 3.05) is 19.6 Å². The largest absolute Gasteiger partial charge is 0.547 e. The second-order valence-corrected chi connectivity index (χ2v) is 9.11. The molecular weight excluding hydrogens is 553 g/mol. The van der Waals surface area contributed by atoms with E-state index < -0.39 is 77.5 Å². The number of aromatic hydroxyl groups is 2. The Labute approximate surface area is 230 Å². The van der Waals surface area contributed by atoms with Gasteiger partial charge in [0.15, 0.2) is 23.1 Å². The Kier molecular flexibility index (Phi) is 8.00. The standard InChI is InChI=1S/C24H23BF2N4O10/c1-2-30-6-7-31(22(36)21(30)35)24(39)29-18(15-16(26)12(32)9-13(33)17(15)27)20(34)28-14-8-10-4-3-5-11(23(37)38)19(10)41-25(14)40/h3-5,9,14,18,32-33,40H,2,6-8H2,1H3,(H,28,34)(H,29,39)(H,37,38)/t14-,18?/m0/s1. The molecule has 0 saturated carbocycles. The summed E-state index contributed by atoms with van der Waals surface area (Å²) < 4.78 is 35.2. The third kappa shape index (κ3) is 5.43. The molecule has 41 heavy (non-hydrogen) atoms. The van der Waals surface area contributed by atoms with Crippen molar-refractivity contribution in [1.82, 2.24) is 20.4 Å². The number of aromatic carboxylic acids is 1. The zero-order valence-corrected chi connectivity index (χ0v) is 21.3. The highest BCUT2D eigenvalue weighted by Crippen LogP contribution is 2.35. The fourth-order valence-electron chi connectivity index (χ4n) is 4.50. The molecule has 17 heteroatoms. The summed E-state index contributed by atoms with van der Waals surface area (Å²) in [4.78, 5) is 64.1. The SMILES string of the molecule is CCN1CCN(C(=O)NC(C(=O)N[C@H]2Cc3cccc(C(=O)O)c3OB2O)c2c(F)c(O)cc(O)c2F)C(=O)C1=O. The Morgan fingerprint density at radius 2 is 1.78 bits per heavy atom. The van der Waals surface area contributed by atoms with E-state index in [4.69, 9.17) is 4.65 Å². The second kappa shape index (κ2) is 11.3. The lowest BCUT2D eigenvalue weighted by molar-refractivity contribution is -0.153. The highest BCUT2D eigenvalue weighted by atomic mass is 19.1. The number of hydrogen-bond acceptors (Lipinski definition) is 9. The predicted octanol–water partition coefficient (Wildman–Crippen LogP) is -0.345. The number of para-hydroxylation sites is 1. The van der Waals surface area contributed by atoms with Gasteiger partial charge >= 0.3 is 30.9 Å². The topological polar surface area (TPSA) is 206 Å². The van der Waals surface area contributed by atoms with E-state index in [2.05, 4.69) is 5.32 Å². The second-order valence-electron chi connectivity index (χ2n) is 9.11. The maximum atomic E-state index is 15.0. The van der Waals surface area contributed by atoms with Crippen molar-refractivity contribution in [3.8, 4) is 17.2 Å². The van der Waals surface area contributed by atoms with Crippen LogP contribution >= 0.6 is 0 Å². The molecule has 1 unspecified atom stereocenters. The number of piperazine rings is 1. The summed E-state index contributed by atoms with van der Waals surface area (Å²) in [5, 5.41) is 43.7. The number of urea groups is 1. The minimum atomic E-state index is -2.36. The minimum absolute atomic E-state index is 0.0513. The number of likely N-dealkylation sites (N-methyl/N-ethyl adjacent to an activating group) is 1. The van der Waals surface area contributed by atoms with Crippen LogP contribution in [-0.2, 0) is 20.8 Å². The number of hydrogen-bond donors (Lipinski definition) is 6. The Balaban J connectivity index is 1.65. The van der Waals surface area contributed by atoms with Crippen LogP contribution in [0.3, 0.4) is 0 Å². The molecule has 0 aromatic heterocycles. The van der Waals surface area contributed by atoms with Crippen LogP contribution in [0.4, 0.5) is 13.6 Å². The van der Waals surface area contributed by atoms with Gasteiger partial charge in [-0.15, -0.1) is 0 Å². The van der Waals surface area contributed by atoms with Gasteiger partial charge in [0.2, 0.25) is 5.91 Å². The van der Waals surface area contributed by atoms with Gasteiger partial charge in [-0.2, -0.15) is 0 Å². The first kappa shape index (κ1) is 29.1. The first-order valence-electron chi connectivity index (χ1n) is 12.2. The van der Waals surface area contributed by atoms with E-state index in [1.54, 1.807) is 6.92 Å². The summed E-state index contributed by atoms with van der Waals surface area (Å²) in [5.74, 6) is -12.5. The van der Waals surface area contributed by atoms with Gasteiger partial charge in [0, 0.05) is 25.7 Å². The Morgan fingerprint density at radius 3 is 2.39 bits per heavy atom. The van der Waals surface area contributed by atoms with Crippen molar-refractivity contribution < 1.29 is 57.8 Å². The third-order valence-electron chi connectivity index (χ3n) is 6.63. The monoisotopic (exact) mass is 576 g/mol. The van der Waals surface area contributed by atoms with Crippen molar-refractivity contribution in [3.63, 3.8) is 0 Å². The van der Waals surface area contributed by atoms with E-state index in [0.717, 1.165) is 4.90 Å². The summed E-state index contributed by atoms with van der Waals surface area (Å²) in [6, 6.07) is 0.654. The number of phenols is 2. The number of phenolic OH excluding ortho intramolecular Hbond substituents is 2. The van der Waals surface area contributed by atoms with Crippen LogP contribution in [0.1, 0.15) is 34.5 Å². The predicted molar refractivity (Wildman–Crippen MR) is 133 cm³/mol. The molecule has 2 heterocycles. The summed E-state index contributed by atoms with van der Waals surface area (Å²) in [6.45, 7) is 1.41. The number of benzene rings is 2. The molecule has 14 nitrogen and oxygen atoms in total.